The second-order valence-corrected chi connectivity index (χ2v) is 5.13. The van der Waals surface area contributed by atoms with Gasteiger partial charge in [-0.25, -0.2) is 9.59 Å². The smallest absolute Gasteiger partial charge is 0.346 e. The zero-order valence-electron chi connectivity index (χ0n) is 10.7. The van der Waals surface area contributed by atoms with E-state index in [-0.39, 0.29) is 22.6 Å². The fourth-order valence-electron chi connectivity index (χ4n) is 1.30. The van der Waals surface area contributed by atoms with Crippen molar-refractivity contribution in [3.63, 3.8) is 0 Å². The first-order chi connectivity index (χ1) is 8.74. The van der Waals surface area contributed by atoms with Gasteiger partial charge < -0.3 is 9.47 Å². The summed E-state index contributed by atoms with van der Waals surface area (Å²) >= 11 is 5.78. The molecule has 0 N–H and O–H groups in total. The lowest BCUT2D eigenvalue weighted by Crippen LogP contribution is -2.25. The Hall–Kier alpha value is -1.88. The quantitative estimate of drug-likeness (QED) is 0.485. The molecule has 0 fully saturated rings. The lowest BCUT2D eigenvalue weighted by molar-refractivity contribution is -0.123. The van der Waals surface area contributed by atoms with Gasteiger partial charge in [0.05, 0.1) is 11.1 Å². The van der Waals surface area contributed by atoms with E-state index in [0.717, 1.165) is 0 Å². The summed E-state index contributed by atoms with van der Waals surface area (Å²) in [7, 11) is 0. The standard InChI is InChI=1S/C13H13ClO5/c1-13(2,3)19-12(17)10-6-8(14)4-5-9(10)11(16)18-7-15/h4-7H,1-3H3. The monoisotopic (exact) mass is 284 g/mol. The zero-order valence-corrected chi connectivity index (χ0v) is 11.5. The Morgan fingerprint density at radius 3 is 2.32 bits per heavy atom. The SMILES string of the molecule is CC(C)(C)OC(=O)c1cc(Cl)ccc1C(=O)OC=O. The molecule has 0 radical (unpaired) electrons. The largest absolute Gasteiger partial charge is 0.456 e. The van der Waals surface area contributed by atoms with Crippen LogP contribution in [-0.4, -0.2) is 24.0 Å². The predicted molar refractivity (Wildman–Crippen MR) is 68.1 cm³/mol. The molecule has 1 rings (SSSR count). The van der Waals surface area contributed by atoms with Crippen LogP contribution in [0.25, 0.3) is 0 Å². The summed E-state index contributed by atoms with van der Waals surface area (Å²) in [5, 5.41) is 0.267. The van der Waals surface area contributed by atoms with Crippen molar-refractivity contribution in [2.75, 3.05) is 0 Å². The van der Waals surface area contributed by atoms with Gasteiger partial charge in [-0.2, -0.15) is 0 Å². The van der Waals surface area contributed by atoms with Gasteiger partial charge in [-0.3, -0.25) is 4.79 Å². The minimum Gasteiger partial charge on any atom is -0.456 e. The van der Waals surface area contributed by atoms with E-state index < -0.39 is 17.5 Å². The minimum absolute atomic E-state index is 0.00415. The van der Waals surface area contributed by atoms with Gasteiger partial charge in [-0.05, 0) is 39.0 Å². The first-order valence-corrected chi connectivity index (χ1v) is 5.80. The highest BCUT2D eigenvalue weighted by atomic mass is 35.5. The third-order valence-corrected chi connectivity index (χ3v) is 2.21. The Morgan fingerprint density at radius 2 is 1.79 bits per heavy atom. The Bertz CT molecular complexity index is 516. The van der Waals surface area contributed by atoms with Gasteiger partial charge in [-0.15, -0.1) is 0 Å². The van der Waals surface area contributed by atoms with Crippen molar-refractivity contribution in [2.24, 2.45) is 0 Å². The van der Waals surface area contributed by atoms with Crippen LogP contribution in [0.5, 0.6) is 0 Å². The zero-order chi connectivity index (χ0) is 14.6. The number of carbonyl (C=O) groups excluding carboxylic acids is 3. The summed E-state index contributed by atoms with van der Waals surface area (Å²) in [5.41, 5.74) is -0.842. The van der Waals surface area contributed by atoms with Crippen LogP contribution in [0, 0.1) is 0 Å². The molecular weight excluding hydrogens is 272 g/mol. The van der Waals surface area contributed by atoms with Crippen LogP contribution < -0.4 is 0 Å². The van der Waals surface area contributed by atoms with Crippen molar-refractivity contribution >= 4 is 30.0 Å². The lowest BCUT2D eigenvalue weighted by atomic mass is 10.1. The van der Waals surface area contributed by atoms with E-state index in [1.807, 2.05) is 0 Å². The van der Waals surface area contributed by atoms with Crippen LogP contribution in [0.2, 0.25) is 5.02 Å². The predicted octanol–water partition coefficient (Wildman–Crippen LogP) is 2.61. The lowest BCUT2D eigenvalue weighted by Gasteiger charge is -2.20. The third-order valence-electron chi connectivity index (χ3n) is 1.98. The molecule has 0 aliphatic heterocycles. The Balaban J connectivity index is 3.17. The number of benzene rings is 1. The molecule has 6 heteroatoms. The molecule has 0 spiro atoms. The number of carbonyl (C=O) groups is 3. The average Bonchev–Trinajstić information content (AvgIpc) is 2.26. The van der Waals surface area contributed by atoms with Crippen LogP contribution in [0.1, 0.15) is 41.5 Å². The maximum absolute atomic E-state index is 12.0. The highest BCUT2D eigenvalue weighted by Crippen LogP contribution is 2.20. The number of esters is 2. The van der Waals surface area contributed by atoms with Crippen molar-refractivity contribution in [2.45, 2.75) is 26.4 Å². The first kappa shape index (κ1) is 15.2. The molecule has 0 saturated heterocycles. The maximum atomic E-state index is 12.0. The van der Waals surface area contributed by atoms with Crippen molar-refractivity contribution in [1.82, 2.24) is 0 Å². The molecule has 0 amide bonds. The molecule has 0 unspecified atom stereocenters. The fraction of sp³-hybridized carbons (Fsp3) is 0.308. The number of halogens is 1. The fourth-order valence-corrected chi connectivity index (χ4v) is 1.48. The van der Waals surface area contributed by atoms with Gasteiger partial charge in [0.1, 0.15) is 5.60 Å². The van der Waals surface area contributed by atoms with Gasteiger partial charge in [0.25, 0.3) is 0 Å². The molecule has 5 nitrogen and oxygen atoms in total. The molecular formula is C13H13ClO5. The molecule has 0 saturated carbocycles. The van der Waals surface area contributed by atoms with Crippen LogP contribution in [-0.2, 0) is 14.3 Å². The number of rotatable bonds is 3. The summed E-state index contributed by atoms with van der Waals surface area (Å²) in [4.78, 5) is 33.7. The van der Waals surface area contributed by atoms with Crippen LogP contribution in [0.15, 0.2) is 18.2 Å². The molecule has 0 heterocycles. The van der Waals surface area contributed by atoms with Gasteiger partial charge in [0.15, 0.2) is 0 Å². The Morgan fingerprint density at radius 1 is 1.16 bits per heavy atom. The summed E-state index contributed by atoms with van der Waals surface area (Å²) in [6, 6.07) is 4.00. The molecule has 19 heavy (non-hydrogen) atoms. The second-order valence-electron chi connectivity index (χ2n) is 4.69. The van der Waals surface area contributed by atoms with E-state index in [1.165, 1.54) is 18.2 Å². The molecule has 0 aliphatic carbocycles. The van der Waals surface area contributed by atoms with Crippen LogP contribution in [0.3, 0.4) is 0 Å². The van der Waals surface area contributed by atoms with Crippen molar-refractivity contribution in [3.05, 3.63) is 34.3 Å². The summed E-state index contributed by atoms with van der Waals surface area (Å²) in [6.07, 6.45) is 0. The van der Waals surface area contributed by atoms with Crippen LogP contribution >= 0.6 is 11.6 Å². The summed E-state index contributed by atoms with van der Waals surface area (Å²) in [6.45, 7) is 5.08. The summed E-state index contributed by atoms with van der Waals surface area (Å²) < 4.78 is 9.37. The van der Waals surface area contributed by atoms with E-state index in [2.05, 4.69) is 4.74 Å². The average molecular weight is 285 g/mol. The normalized spacial score (nSPS) is 10.7. The van der Waals surface area contributed by atoms with E-state index in [9.17, 15) is 14.4 Å². The maximum Gasteiger partial charge on any atom is 0.346 e. The van der Waals surface area contributed by atoms with Crippen molar-refractivity contribution in [1.29, 1.82) is 0 Å². The van der Waals surface area contributed by atoms with Gasteiger partial charge in [-0.1, -0.05) is 11.6 Å². The molecule has 102 valence electrons. The molecule has 1 aromatic carbocycles. The van der Waals surface area contributed by atoms with E-state index in [1.54, 1.807) is 20.8 Å². The van der Waals surface area contributed by atoms with Gasteiger partial charge >= 0.3 is 18.4 Å². The first-order valence-electron chi connectivity index (χ1n) is 5.42. The van der Waals surface area contributed by atoms with Gasteiger partial charge in [0, 0.05) is 5.02 Å². The number of hydrogen-bond acceptors (Lipinski definition) is 5. The molecule has 0 bridgehead atoms. The van der Waals surface area contributed by atoms with E-state index in [4.69, 9.17) is 16.3 Å². The topological polar surface area (TPSA) is 69.7 Å². The van der Waals surface area contributed by atoms with E-state index in [0.29, 0.717) is 0 Å². The summed E-state index contributed by atoms with van der Waals surface area (Å²) in [5.74, 6) is -1.65. The number of hydrogen-bond donors (Lipinski definition) is 0. The molecule has 1 aromatic rings. The Kier molecular flexibility index (Phi) is 4.67. The highest BCUT2D eigenvalue weighted by molar-refractivity contribution is 6.31. The molecule has 0 aliphatic rings. The van der Waals surface area contributed by atoms with Crippen molar-refractivity contribution in [3.8, 4) is 0 Å². The highest BCUT2D eigenvalue weighted by Gasteiger charge is 2.24. The van der Waals surface area contributed by atoms with Crippen molar-refractivity contribution < 1.29 is 23.9 Å². The molecule has 0 aromatic heterocycles. The van der Waals surface area contributed by atoms with E-state index >= 15 is 0 Å². The number of ether oxygens (including phenoxy) is 2. The van der Waals surface area contributed by atoms with Gasteiger partial charge in [0.2, 0.25) is 0 Å². The van der Waals surface area contributed by atoms with Crippen LogP contribution in [0.4, 0.5) is 0 Å². The minimum atomic E-state index is -0.937. The second kappa shape index (κ2) is 5.84. The Labute approximate surface area is 115 Å². The molecule has 0 atom stereocenters. The third kappa shape index (κ3) is 4.37.